The van der Waals surface area contributed by atoms with Crippen molar-refractivity contribution in [2.75, 3.05) is 13.2 Å². The molecular weight excluding hydrogens is 296 g/mol. The zero-order valence-electron chi connectivity index (χ0n) is 13.5. The van der Waals surface area contributed by atoms with Crippen LogP contribution in [-0.2, 0) is 29.3 Å². The van der Waals surface area contributed by atoms with Gasteiger partial charge in [-0.3, -0.25) is 14.4 Å². The van der Waals surface area contributed by atoms with E-state index >= 15 is 0 Å². The van der Waals surface area contributed by atoms with Gasteiger partial charge in [-0.25, -0.2) is 0 Å². The molecule has 23 heavy (non-hydrogen) atoms. The molecular formula is C18H22O5. The van der Waals surface area contributed by atoms with Gasteiger partial charge in [0.2, 0.25) is 0 Å². The molecule has 0 radical (unpaired) electrons. The molecule has 0 unspecified atom stereocenters. The van der Waals surface area contributed by atoms with Crippen LogP contribution in [0.2, 0.25) is 0 Å². The lowest BCUT2D eigenvalue weighted by molar-refractivity contribution is -0.159. The van der Waals surface area contributed by atoms with Crippen LogP contribution in [0.3, 0.4) is 0 Å². The van der Waals surface area contributed by atoms with Gasteiger partial charge in [-0.05, 0) is 32.3 Å². The summed E-state index contributed by atoms with van der Waals surface area (Å²) in [5.74, 6) is -2.01. The van der Waals surface area contributed by atoms with E-state index in [0.29, 0.717) is 6.42 Å². The normalized spacial score (nSPS) is 24.1. The third-order valence-electron chi connectivity index (χ3n) is 4.30. The highest BCUT2D eigenvalue weighted by Gasteiger charge is 2.50. The van der Waals surface area contributed by atoms with Gasteiger partial charge in [-0.2, -0.15) is 0 Å². The Balaban J connectivity index is 2.40. The number of carbonyl (C=O) groups is 3. The fraction of sp³-hybridized carbons (Fsp3) is 0.500. The number of ketones is 1. The van der Waals surface area contributed by atoms with Crippen LogP contribution in [-0.4, -0.2) is 30.9 Å². The lowest BCUT2D eigenvalue weighted by Crippen LogP contribution is -2.47. The van der Waals surface area contributed by atoms with Crippen molar-refractivity contribution in [3.8, 4) is 0 Å². The monoisotopic (exact) mass is 318 g/mol. The van der Waals surface area contributed by atoms with Crippen molar-refractivity contribution < 1.29 is 23.9 Å². The summed E-state index contributed by atoms with van der Waals surface area (Å²) in [6, 6.07) is 9.22. The third-order valence-corrected chi connectivity index (χ3v) is 4.30. The average Bonchev–Trinajstić information content (AvgIpc) is 2.56. The van der Waals surface area contributed by atoms with Crippen LogP contribution in [0.25, 0.3) is 0 Å². The standard InChI is InChI=1S/C18H22O5/c1-3-22-16(20)14-12-18(11-10-15(14)19,17(21)23-4-2)13-8-6-5-7-9-13/h5-9,14H,3-4,10-12H2,1-2H3/t14-,18-/m0/s1. The first-order chi connectivity index (χ1) is 11.0. The fourth-order valence-electron chi connectivity index (χ4n) is 3.12. The number of ether oxygens (including phenoxy) is 2. The van der Waals surface area contributed by atoms with Gasteiger partial charge < -0.3 is 9.47 Å². The van der Waals surface area contributed by atoms with E-state index in [0.717, 1.165) is 5.56 Å². The van der Waals surface area contributed by atoms with E-state index in [-0.39, 0.29) is 37.8 Å². The van der Waals surface area contributed by atoms with Crippen LogP contribution in [0.5, 0.6) is 0 Å². The maximum atomic E-state index is 12.7. The van der Waals surface area contributed by atoms with Crippen LogP contribution in [0.1, 0.15) is 38.7 Å². The highest BCUT2D eigenvalue weighted by molar-refractivity contribution is 6.01. The zero-order chi connectivity index (χ0) is 16.9. The number of benzene rings is 1. The van der Waals surface area contributed by atoms with Gasteiger partial charge in [-0.15, -0.1) is 0 Å². The number of hydrogen-bond donors (Lipinski definition) is 0. The van der Waals surface area contributed by atoms with Crippen LogP contribution < -0.4 is 0 Å². The Hall–Kier alpha value is -2.17. The van der Waals surface area contributed by atoms with E-state index in [9.17, 15) is 14.4 Å². The van der Waals surface area contributed by atoms with Gasteiger partial charge >= 0.3 is 11.9 Å². The Bertz CT molecular complexity index is 580. The summed E-state index contributed by atoms with van der Waals surface area (Å²) >= 11 is 0. The lowest BCUT2D eigenvalue weighted by Gasteiger charge is -2.37. The molecule has 0 bridgehead atoms. The highest BCUT2D eigenvalue weighted by Crippen LogP contribution is 2.42. The maximum absolute atomic E-state index is 12.7. The smallest absolute Gasteiger partial charge is 0.316 e. The molecule has 0 heterocycles. The molecule has 0 spiro atoms. The molecule has 0 amide bonds. The summed E-state index contributed by atoms with van der Waals surface area (Å²) in [7, 11) is 0. The first kappa shape index (κ1) is 17.2. The Kier molecular flexibility index (Phi) is 5.53. The van der Waals surface area contributed by atoms with E-state index in [1.54, 1.807) is 13.8 Å². The van der Waals surface area contributed by atoms with Gasteiger partial charge in [0.1, 0.15) is 11.7 Å². The van der Waals surface area contributed by atoms with Crippen LogP contribution in [0.4, 0.5) is 0 Å². The molecule has 1 aromatic carbocycles. The molecule has 1 aliphatic carbocycles. The molecule has 1 fully saturated rings. The molecule has 2 rings (SSSR count). The SMILES string of the molecule is CCOC(=O)[C@H]1C[C@](C(=O)OCC)(c2ccccc2)CCC1=O. The van der Waals surface area contributed by atoms with Gasteiger partial charge in [-0.1, -0.05) is 30.3 Å². The van der Waals surface area contributed by atoms with E-state index in [1.807, 2.05) is 30.3 Å². The van der Waals surface area contributed by atoms with Crippen molar-refractivity contribution in [2.45, 2.75) is 38.5 Å². The quantitative estimate of drug-likeness (QED) is 0.616. The van der Waals surface area contributed by atoms with Gasteiger partial charge in [0.25, 0.3) is 0 Å². The predicted octanol–water partition coefficient (Wildman–Crippen LogP) is 2.42. The number of Topliss-reactive ketones (excluding diaryl/α,β-unsaturated/α-hetero) is 1. The summed E-state index contributed by atoms with van der Waals surface area (Å²) in [6.07, 6.45) is 0.620. The topological polar surface area (TPSA) is 69.7 Å². The Morgan fingerprint density at radius 1 is 1.13 bits per heavy atom. The van der Waals surface area contributed by atoms with E-state index in [1.165, 1.54) is 0 Å². The number of hydrogen-bond acceptors (Lipinski definition) is 5. The van der Waals surface area contributed by atoms with Crippen molar-refractivity contribution in [3.63, 3.8) is 0 Å². The average molecular weight is 318 g/mol. The van der Waals surface area contributed by atoms with Crippen molar-refractivity contribution in [1.29, 1.82) is 0 Å². The minimum atomic E-state index is -0.970. The van der Waals surface area contributed by atoms with Crippen molar-refractivity contribution >= 4 is 17.7 Å². The van der Waals surface area contributed by atoms with Gasteiger partial charge in [0.15, 0.2) is 0 Å². The minimum Gasteiger partial charge on any atom is -0.465 e. The molecule has 124 valence electrons. The molecule has 1 aliphatic rings. The molecule has 0 saturated heterocycles. The summed E-state index contributed by atoms with van der Waals surface area (Å²) < 4.78 is 10.3. The van der Waals surface area contributed by atoms with Crippen molar-refractivity contribution in [3.05, 3.63) is 35.9 Å². The Morgan fingerprint density at radius 2 is 1.78 bits per heavy atom. The van der Waals surface area contributed by atoms with Crippen molar-refractivity contribution in [2.24, 2.45) is 5.92 Å². The summed E-state index contributed by atoms with van der Waals surface area (Å²) in [4.78, 5) is 36.9. The summed E-state index contributed by atoms with van der Waals surface area (Å²) in [5.41, 5.74) is -0.192. The second-order valence-corrected chi connectivity index (χ2v) is 5.64. The molecule has 0 aliphatic heterocycles. The van der Waals surface area contributed by atoms with E-state index in [4.69, 9.17) is 9.47 Å². The number of rotatable bonds is 5. The van der Waals surface area contributed by atoms with Crippen molar-refractivity contribution in [1.82, 2.24) is 0 Å². The van der Waals surface area contributed by atoms with Gasteiger partial charge in [0, 0.05) is 6.42 Å². The molecule has 1 aromatic rings. The highest BCUT2D eigenvalue weighted by atomic mass is 16.5. The summed E-state index contributed by atoms with van der Waals surface area (Å²) in [6.45, 7) is 3.90. The summed E-state index contributed by atoms with van der Waals surface area (Å²) in [5, 5.41) is 0. The van der Waals surface area contributed by atoms with E-state index in [2.05, 4.69) is 0 Å². The van der Waals surface area contributed by atoms with Gasteiger partial charge in [0.05, 0.1) is 18.6 Å². The third kappa shape index (κ3) is 3.44. The second kappa shape index (κ2) is 7.40. The maximum Gasteiger partial charge on any atom is 0.316 e. The van der Waals surface area contributed by atoms with E-state index < -0.39 is 17.3 Å². The second-order valence-electron chi connectivity index (χ2n) is 5.64. The number of esters is 2. The number of carbonyl (C=O) groups excluding carboxylic acids is 3. The van der Waals surface area contributed by atoms with Crippen LogP contribution in [0, 0.1) is 5.92 Å². The van der Waals surface area contributed by atoms with Crippen LogP contribution in [0.15, 0.2) is 30.3 Å². The van der Waals surface area contributed by atoms with Crippen LogP contribution >= 0.6 is 0 Å². The zero-order valence-corrected chi connectivity index (χ0v) is 13.5. The predicted molar refractivity (Wildman–Crippen MR) is 83.7 cm³/mol. The largest absolute Gasteiger partial charge is 0.465 e. The minimum absolute atomic E-state index is 0.105. The molecule has 5 nitrogen and oxygen atoms in total. The molecule has 1 saturated carbocycles. The Morgan fingerprint density at radius 3 is 2.39 bits per heavy atom. The Labute approximate surface area is 136 Å². The molecule has 5 heteroatoms. The molecule has 2 atom stereocenters. The first-order valence-corrected chi connectivity index (χ1v) is 7.97. The first-order valence-electron chi connectivity index (χ1n) is 7.97. The molecule has 0 N–H and O–H groups in total. The fourth-order valence-corrected chi connectivity index (χ4v) is 3.12. The lowest BCUT2D eigenvalue weighted by atomic mass is 9.65. The molecule has 0 aromatic heterocycles.